The van der Waals surface area contributed by atoms with E-state index in [9.17, 15) is 19.5 Å². The standard InChI is InChI=1S/C18H21ClN4O4/c1-2-3-4-5-9-15(24)22-20-11-14-16(25)21-18(27)23(17(14)26)13-8-6-7-12(19)10-13/h6-8,10-11,26H,2-5,9H2,1H3,(H,22,24)(H,21,25,27)/b20-11+. The van der Waals surface area contributed by atoms with Crippen molar-refractivity contribution in [3.05, 3.63) is 55.7 Å². The molecular weight excluding hydrogens is 372 g/mol. The highest BCUT2D eigenvalue weighted by atomic mass is 35.5. The maximum absolute atomic E-state index is 12.1. The number of halogens is 1. The van der Waals surface area contributed by atoms with Gasteiger partial charge in [0.15, 0.2) is 0 Å². The second-order valence-electron chi connectivity index (χ2n) is 5.92. The lowest BCUT2D eigenvalue weighted by Crippen LogP contribution is -2.31. The SMILES string of the molecule is CCCCCCC(=O)N/N=C/c1c(O)n(-c2cccc(Cl)c2)c(=O)[nH]c1=O. The number of amides is 1. The van der Waals surface area contributed by atoms with Crippen LogP contribution in [0.1, 0.15) is 44.6 Å². The summed E-state index contributed by atoms with van der Waals surface area (Å²) in [6.07, 6.45) is 5.16. The molecule has 1 aromatic carbocycles. The van der Waals surface area contributed by atoms with Crippen molar-refractivity contribution in [2.45, 2.75) is 39.0 Å². The Hall–Kier alpha value is -2.87. The fraction of sp³-hybridized carbons (Fsp3) is 0.333. The molecular formula is C18H21ClN4O4. The number of carbonyl (C=O) groups excluding carboxylic acids is 1. The second kappa shape index (κ2) is 9.72. The number of hydrogen-bond donors (Lipinski definition) is 3. The van der Waals surface area contributed by atoms with Gasteiger partial charge in [0.25, 0.3) is 5.56 Å². The molecule has 0 saturated carbocycles. The molecule has 1 aromatic heterocycles. The lowest BCUT2D eigenvalue weighted by atomic mass is 10.1. The van der Waals surface area contributed by atoms with Crippen molar-refractivity contribution in [1.82, 2.24) is 15.0 Å². The van der Waals surface area contributed by atoms with Crippen molar-refractivity contribution in [1.29, 1.82) is 0 Å². The molecule has 0 atom stereocenters. The van der Waals surface area contributed by atoms with Gasteiger partial charge >= 0.3 is 5.69 Å². The minimum atomic E-state index is -0.822. The van der Waals surface area contributed by atoms with E-state index in [2.05, 4.69) is 22.4 Å². The second-order valence-corrected chi connectivity index (χ2v) is 6.35. The number of H-pyrrole nitrogens is 1. The van der Waals surface area contributed by atoms with Gasteiger partial charge in [-0.25, -0.2) is 14.8 Å². The van der Waals surface area contributed by atoms with Gasteiger partial charge in [-0.1, -0.05) is 43.9 Å². The first kappa shape index (κ1) is 20.4. The summed E-state index contributed by atoms with van der Waals surface area (Å²) in [7, 11) is 0. The van der Waals surface area contributed by atoms with Gasteiger partial charge in [0, 0.05) is 11.4 Å². The number of rotatable bonds is 8. The van der Waals surface area contributed by atoms with Crippen LogP contribution in [0.2, 0.25) is 5.02 Å². The third kappa shape index (κ3) is 5.55. The Morgan fingerprint density at radius 1 is 1.33 bits per heavy atom. The topological polar surface area (TPSA) is 117 Å². The summed E-state index contributed by atoms with van der Waals surface area (Å²) in [4.78, 5) is 37.8. The minimum Gasteiger partial charge on any atom is -0.493 e. The van der Waals surface area contributed by atoms with Crippen LogP contribution >= 0.6 is 11.6 Å². The molecule has 27 heavy (non-hydrogen) atoms. The van der Waals surface area contributed by atoms with Gasteiger partial charge in [0.05, 0.1) is 11.9 Å². The van der Waals surface area contributed by atoms with Gasteiger partial charge < -0.3 is 5.11 Å². The molecule has 0 radical (unpaired) electrons. The molecule has 0 saturated heterocycles. The van der Waals surface area contributed by atoms with Crippen molar-refractivity contribution in [3.63, 3.8) is 0 Å². The van der Waals surface area contributed by atoms with Crippen LogP contribution in [0.4, 0.5) is 0 Å². The van der Waals surface area contributed by atoms with Crippen LogP contribution in [0.25, 0.3) is 5.69 Å². The number of aromatic nitrogens is 2. The number of aromatic hydroxyl groups is 1. The highest BCUT2D eigenvalue weighted by molar-refractivity contribution is 6.30. The zero-order chi connectivity index (χ0) is 19.8. The Morgan fingerprint density at radius 3 is 2.81 bits per heavy atom. The summed E-state index contributed by atoms with van der Waals surface area (Å²) in [6, 6.07) is 6.21. The fourth-order valence-corrected chi connectivity index (χ4v) is 2.63. The summed E-state index contributed by atoms with van der Waals surface area (Å²) in [6.45, 7) is 2.08. The Balaban J connectivity index is 2.20. The lowest BCUT2D eigenvalue weighted by Gasteiger charge is -2.09. The molecule has 0 fully saturated rings. The summed E-state index contributed by atoms with van der Waals surface area (Å²) in [5.41, 5.74) is 0.670. The average Bonchev–Trinajstić information content (AvgIpc) is 2.61. The zero-order valence-electron chi connectivity index (χ0n) is 14.9. The molecule has 0 spiro atoms. The molecule has 1 heterocycles. The van der Waals surface area contributed by atoms with E-state index in [1.165, 1.54) is 6.07 Å². The number of carbonyl (C=O) groups is 1. The van der Waals surface area contributed by atoms with Gasteiger partial charge in [-0.2, -0.15) is 5.10 Å². The predicted octanol–water partition coefficient (Wildman–Crippen LogP) is 2.31. The quantitative estimate of drug-likeness (QED) is 0.363. The van der Waals surface area contributed by atoms with Crippen LogP contribution in [0.3, 0.4) is 0 Å². The molecule has 8 nitrogen and oxygen atoms in total. The fourth-order valence-electron chi connectivity index (χ4n) is 2.45. The van der Waals surface area contributed by atoms with Crippen molar-refractivity contribution < 1.29 is 9.90 Å². The smallest absolute Gasteiger partial charge is 0.335 e. The molecule has 0 aliphatic carbocycles. The highest BCUT2D eigenvalue weighted by Gasteiger charge is 2.14. The summed E-state index contributed by atoms with van der Waals surface area (Å²) in [5.74, 6) is -0.895. The highest BCUT2D eigenvalue weighted by Crippen LogP contribution is 2.18. The third-order valence-corrected chi connectivity index (χ3v) is 4.06. The molecule has 9 heteroatoms. The number of benzene rings is 1. The monoisotopic (exact) mass is 392 g/mol. The number of nitrogens with one attached hydrogen (secondary N) is 2. The lowest BCUT2D eigenvalue weighted by molar-refractivity contribution is -0.121. The largest absolute Gasteiger partial charge is 0.493 e. The van der Waals surface area contributed by atoms with E-state index < -0.39 is 17.1 Å². The Morgan fingerprint density at radius 2 is 2.11 bits per heavy atom. The zero-order valence-corrected chi connectivity index (χ0v) is 15.6. The number of nitrogens with zero attached hydrogens (tertiary/aromatic N) is 2. The molecule has 0 aliphatic rings. The van der Waals surface area contributed by atoms with E-state index in [1.807, 2.05) is 0 Å². The van der Waals surface area contributed by atoms with Gasteiger partial charge in [-0.15, -0.1) is 0 Å². The molecule has 0 unspecified atom stereocenters. The molecule has 2 aromatic rings. The Bertz CT molecular complexity index is 949. The molecule has 3 N–H and O–H groups in total. The maximum Gasteiger partial charge on any atom is 0.335 e. The van der Waals surface area contributed by atoms with Crippen molar-refractivity contribution in [2.24, 2.45) is 5.10 Å². The van der Waals surface area contributed by atoms with E-state index >= 15 is 0 Å². The number of hydrazone groups is 1. The minimum absolute atomic E-state index is 0.263. The van der Waals surface area contributed by atoms with Crippen LogP contribution in [0, 0.1) is 0 Å². The summed E-state index contributed by atoms with van der Waals surface area (Å²) >= 11 is 5.91. The molecule has 144 valence electrons. The van der Waals surface area contributed by atoms with E-state index in [-0.39, 0.29) is 17.2 Å². The Labute approximate surface area is 160 Å². The van der Waals surface area contributed by atoms with Crippen molar-refractivity contribution >= 4 is 23.7 Å². The molecule has 2 rings (SSSR count). The molecule has 1 amide bonds. The average molecular weight is 393 g/mol. The molecule has 0 bridgehead atoms. The first-order chi connectivity index (χ1) is 12.9. The van der Waals surface area contributed by atoms with E-state index in [4.69, 9.17) is 11.6 Å². The van der Waals surface area contributed by atoms with Crippen molar-refractivity contribution in [2.75, 3.05) is 0 Å². The van der Waals surface area contributed by atoms with Crippen molar-refractivity contribution in [3.8, 4) is 11.6 Å². The summed E-state index contributed by atoms with van der Waals surface area (Å²) in [5, 5.41) is 14.4. The van der Waals surface area contributed by atoms with Gasteiger partial charge in [0.1, 0.15) is 5.56 Å². The van der Waals surface area contributed by atoms with Crippen LogP contribution in [-0.2, 0) is 4.79 Å². The maximum atomic E-state index is 12.1. The van der Waals surface area contributed by atoms with E-state index in [0.717, 1.165) is 36.5 Å². The summed E-state index contributed by atoms with van der Waals surface area (Å²) < 4.78 is 0.890. The first-order valence-corrected chi connectivity index (χ1v) is 8.98. The van der Waals surface area contributed by atoms with Gasteiger partial charge in [0.2, 0.25) is 11.8 Å². The van der Waals surface area contributed by atoms with Crippen LogP contribution in [0.5, 0.6) is 5.88 Å². The number of unbranched alkanes of at least 4 members (excludes halogenated alkanes) is 3. The Kier molecular flexibility index (Phi) is 7.36. The first-order valence-electron chi connectivity index (χ1n) is 8.60. The van der Waals surface area contributed by atoms with Gasteiger partial charge in [-0.05, 0) is 24.6 Å². The van der Waals surface area contributed by atoms with Crippen LogP contribution < -0.4 is 16.7 Å². The normalized spacial score (nSPS) is 11.0. The molecule has 0 aliphatic heterocycles. The number of hydrogen-bond acceptors (Lipinski definition) is 5. The van der Waals surface area contributed by atoms with E-state index in [0.29, 0.717) is 11.4 Å². The third-order valence-electron chi connectivity index (χ3n) is 3.83. The van der Waals surface area contributed by atoms with Crippen LogP contribution in [-0.4, -0.2) is 26.8 Å². The van der Waals surface area contributed by atoms with E-state index in [1.54, 1.807) is 18.2 Å². The van der Waals surface area contributed by atoms with Gasteiger partial charge in [-0.3, -0.25) is 14.6 Å². The number of aromatic amines is 1. The predicted molar refractivity (Wildman–Crippen MR) is 104 cm³/mol. The van der Waals surface area contributed by atoms with Crippen LogP contribution in [0.15, 0.2) is 39.0 Å².